The van der Waals surface area contributed by atoms with Crippen LogP contribution in [0, 0.1) is 13.8 Å². The van der Waals surface area contributed by atoms with Crippen LogP contribution in [-0.4, -0.2) is 32.1 Å². The average molecular weight is 492 g/mol. The van der Waals surface area contributed by atoms with Gasteiger partial charge in [-0.15, -0.1) is 13.2 Å². The molecule has 0 aliphatic carbocycles. The zero-order valence-electron chi connectivity index (χ0n) is 20.4. The third kappa shape index (κ3) is 10.1. The SMILES string of the molecule is CC.C[N-]/C(=N/OC)c1cccc(C)c1CO/N=C(\C)c1ccc(OC(F)(F)F)cc1C.[K+]. The van der Waals surface area contributed by atoms with E-state index in [2.05, 4.69) is 20.4 Å². The third-order valence-electron chi connectivity index (χ3n) is 4.27. The van der Waals surface area contributed by atoms with E-state index in [9.17, 15) is 13.2 Å². The molecule has 0 unspecified atom stereocenters. The summed E-state index contributed by atoms with van der Waals surface area (Å²) in [5, 5.41) is 12.2. The van der Waals surface area contributed by atoms with Crippen molar-refractivity contribution in [1.29, 1.82) is 0 Å². The molecule has 0 aliphatic heterocycles. The van der Waals surface area contributed by atoms with Gasteiger partial charge in [-0.2, -0.15) is 0 Å². The second kappa shape index (κ2) is 15.3. The van der Waals surface area contributed by atoms with Gasteiger partial charge < -0.3 is 19.7 Å². The molecular weight excluding hydrogens is 462 g/mol. The zero-order valence-corrected chi connectivity index (χ0v) is 23.5. The van der Waals surface area contributed by atoms with E-state index in [4.69, 9.17) is 9.68 Å². The fraction of sp³-hybridized carbons (Fsp3) is 0.391. The van der Waals surface area contributed by atoms with Crippen LogP contribution in [0.15, 0.2) is 46.7 Å². The van der Waals surface area contributed by atoms with Crippen LogP contribution in [0.25, 0.3) is 5.32 Å². The van der Waals surface area contributed by atoms with E-state index >= 15 is 0 Å². The molecule has 2 aromatic rings. The van der Waals surface area contributed by atoms with Crippen molar-refractivity contribution in [3.8, 4) is 5.75 Å². The molecule has 0 aliphatic rings. The van der Waals surface area contributed by atoms with Crippen LogP contribution in [0.1, 0.15) is 48.6 Å². The first-order valence-electron chi connectivity index (χ1n) is 9.99. The van der Waals surface area contributed by atoms with Gasteiger partial charge in [0.15, 0.2) is 0 Å². The fourth-order valence-corrected chi connectivity index (χ4v) is 2.88. The van der Waals surface area contributed by atoms with E-state index < -0.39 is 6.36 Å². The van der Waals surface area contributed by atoms with Crippen LogP contribution < -0.4 is 56.1 Å². The minimum Gasteiger partial charge on any atom is -0.497 e. The Hall–Kier alpha value is -1.59. The van der Waals surface area contributed by atoms with Crippen LogP contribution in [0.2, 0.25) is 0 Å². The molecule has 6 nitrogen and oxygen atoms in total. The predicted octanol–water partition coefficient (Wildman–Crippen LogP) is 3.48. The Morgan fingerprint density at radius 1 is 1.00 bits per heavy atom. The molecule has 0 N–H and O–H groups in total. The van der Waals surface area contributed by atoms with Crippen molar-refractivity contribution >= 4 is 11.5 Å². The summed E-state index contributed by atoms with van der Waals surface area (Å²) in [5.74, 6) is 0.145. The van der Waals surface area contributed by atoms with E-state index in [0.717, 1.165) is 16.7 Å². The monoisotopic (exact) mass is 491 g/mol. The number of aryl methyl sites for hydroxylation is 2. The summed E-state index contributed by atoms with van der Waals surface area (Å²) in [5.41, 5.74) is 4.33. The molecule has 0 aromatic heterocycles. The normalized spacial score (nSPS) is 11.6. The van der Waals surface area contributed by atoms with Gasteiger partial charge in [0, 0.05) is 11.1 Å². The molecule has 0 saturated heterocycles. The van der Waals surface area contributed by atoms with Gasteiger partial charge in [-0.3, -0.25) is 5.16 Å². The molecule has 176 valence electrons. The Morgan fingerprint density at radius 3 is 2.21 bits per heavy atom. The minimum absolute atomic E-state index is 0. The summed E-state index contributed by atoms with van der Waals surface area (Å²) >= 11 is 0. The van der Waals surface area contributed by atoms with Crippen LogP contribution in [0.4, 0.5) is 13.2 Å². The van der Waals surface area contributed by atoms with E-state index in [1.54, 1.807) is 20.9 Å². The van der Waals surface area contributed by atoms with Crippen LogP contribution in [-0.2, 0) is 16.3 Å². The van der Waals surface area contributed by atoms with Crippen molar-refractivity contribution in [2.24, 2.45) is 10.3 Å². The van der Waals surface area contributed by atoms with Gasteiger partial charge in [0.25, 0.3) is 0 Å². The third-order valence-corrected chi connectivity index (χ3v) is 4.27. The maximum absolute atomic E-state index is 12.4. The van der Waals surface area contributed by atoms with Gasteiger partial charge in [-0.25, -0.2) is 0 Å². The Kier molecular flexibility index (Phi) is 14.6. The number of halogens is 3. The van der Waals surface area contributed by atoms with Gasteiger partial charge in [0.2, 0.25) is 0 Å². The summed E-state index contributed by atoms with van der Waals surface area (Å²) < 4.78 is 41.0. The van der Waals surface area contributed by atoms with Crippen LogP contribution in [0.5, 0.6) is 5.75 Å². The van der Waals surface area contributed by atoms with Crippen molar-refractivity contribution in [1.82, 2.24) is 0 Å². The van der Waals surface area contributed by atoms with Gasteiger partial charge in [-0.05, 0) is 61.5 Å². The number of hydrogen-bond donors (Lipinski definition) is 0. The molecular formula is C23H29F3KN3O3. The van der Waals surface area contributed by atoms with Gasteiger partial charge in [-0.1, -0.05) is 44.2 Å². The van der Waals surface area contributed by atoms with Crippen molar-refractivity contribution in [2.75, 3.05) is 14.2 Å². The molecule has 0 amide bonds. The number of ether oxygens (including phenoxy) is 1. The Bertz CT molecular complexity index is 948. The molecule has 0 radical (unpaired) electrons. The number of alkyl halides is 3. The van der Waals surface area contributed by atoms with Crippen LogP contribution in [0.3, 0.4) is 0 Å². The van der Waals surface area contributed by atoms with Gasteiger partial charge in [0.05, 0.1) is 12.8 Å². The molecule has 0 heterocycles. The fourth-order valence-electron chi connectivity index (χ4n) is 2.88. The zero-order chi connectivity index (χ0) is 24.3. The van der Waals surface area contributed by atoms with E-state index in [1.807, 2.05) is 39.0 Å². The molecule has 0 saturated carbocycles. The number of amidine groups is 1. The Labute approximate surface area is 236 Å². The van der Waals surface area contributed by atoms with Crippen LogP contribution >= 0.6 is 0 Å². The second-order valence-electron chi connectivity index (χ2n) is 6.40. The second-order valence-corrected chi connectivity index (χ2v) is 6.40. The molecule has 2 rings (SSSR count). The van der Waals surface area contributed by atoms with Gasteiger partial charge >= 0.3 is 57.7 Å². The maximum atomic E-state index is 12.4. The summed E-state index contributed by atoms with van der Waals surface area (Å²) in [6.45, 7) is 9.48. The molecule has 10 heteroatoms. The van der Waals surface area contributed by atoms with Crippen molar-refractivity contribution in [3.63, 3.8) is 0 Å². The Morgan fingerprint density at radius 2 is 1.67 bits per heavy atom. The van der Waals surface area contributed by atoms with E-state index in [1.165, 1.54) is 25.3 Å². The summed E-state index contributed by atoms with van der Waals surface area (Å²) in [6.07, 6.45) is -4.73. The number of nitrogens with zero attached hydrogens (tertiary/aromatic N) is 3. The quantitative estimate of drug-likeness (QED) is 0.258. The smallest absolute Gasteiger partial charge is 0.497 e. The Balaban J connectivity index is 0.00000332. The summed E-state index contributed by atoms with van der Waals surface area (Å²) in [4.78, 5) is 10.4. The summed E-state index contributed by atoms with van der Waals surface area (Å²) in [7, 11) is 3.06. The topological polar surface area (TPSA) is 66.5 Å². The maximum Gasteiger partial charge on any atom is 1.00 e. The molecule has 0 atom stereocenters. The molecule has 33 heavy (non-hydrogen) atoms. The van der Waals surface area contributed by atoms with Crippen molar-refractivity contribution in [3.05, 3.63) is 69.5 Å². The summed E-state index contributed by atoms with van der Waals surface area (Å²) in [6, 6.07) is 9.73. The first-order valence-corrected chi connectivity index (χ1v) is 9.99. The average Bonchev–Trinajstić information content (AvgIpc) is 2.73. The number of rotatable bonds is 7. The largest absolute Gasteiger partial charge is 1.00 e. The number of oxime groups is 2. The number of benzene rings is 2. The predicted molar refractivity (Wildman–Crippen MR) is 120 cm³/mol. The van der Waals surface area contributed by atoms with Crippen molar-refractivity contribution in [2.45, 2.75) is 47.6 Å². The molecule has 0 bridgehead atoms. The first kappa shape index (κ1) is 31.4. The van der Waals surface area contributed by atoms with Crippen molar-refractivity contribution < 1.29 is 79.0 Å². The molecule has 0 spiro atoms. The first-order chi connectivity index (χ1) is 15.2. The minimum atomic E-state index is -4.73. The number of hydrogen-bond acceptors (Lipinski definition) is 5. The van der Waals surface area contributed by atoms with E-state index in [-0.39, 0.29) is 63.7 Å². The molecule has 2 aromatic carbocycles. The van der Waals surface area contributed by atoms with Gasteiger partial charge in [0.1, 0.15) is 12.4 Å². The standard InChI is InChI=1S/C21H23F3N3O3.C2H6.K/c1-13-7-6-8-18(20(25-4)27-28-5)19(13)12-29-26-15(3)17-10-9-16(11-14(17)2)30-21(22,23)24;1-2;/h6-11H,12H2,1-5H3;1-2H3;/q-1;;+1/b26-15+;;. The van der Waals surface area contributed by atoms with E-state index in [0.29, 0.717) is 22.7 Å². The molecule has 0 fully saturated rings.